The highest BCUT2D eigenvalue weighted by Gasteiger charge is 2.39. The molecule has 0 saturated carbocycles. The molecule has 0 aliphatic carbocycles. The fraction of sp³-hybridized carbons (Fsp3) is 0.571. The number of nitrogens with zero attached hydrogens (tertiary/aromatic N) is 5. The summed E-state index contributed by atoms with van der Waals surface area (Å²) in [6.07, 6.45) is -0.132. The molecule has 0 aromatic carbocycles. The molecular weight excluding hydrogens is 316 g/mol. The summed E-state index contributed by atoms with van der Waals surface area (Å²) >= 11 is 0. The number of hydrogen-bond acceptors (Lipinski definition) is 9. The van der Waals surface area contributed by atoms with Gasteiger partial charge in [0.05, 0.1) is 38.8 Å². The molecule has 10 heteroatoms. The first kappa shape index (κ1) is 17.9. The van der Waals surface area contributed by atoms with E-state index in [-0.39, 0.29) is 18.4 Å². The second-order valence-electron chi connectivity index (χ2n) is 5.58. The largest absolute Gasteiger partial charge is 0.479 e. The van der Waals surface area contributed by atoms with Gasteiger partial charge >= 0.3 is 0 Å². The Hall–Kier alpha value is -2.48. The lowest BCUT2D eigenvalue weighted by molar-refractivity contribution is -0.121. The van der Waals surface area contributed by atoms with Gasteiger partial charge in [-0.15, -0.1) is 0 Å². The van der Waals surface area contributed by atoms with Crippen molar-refractivity contribution in [1.82, 2.24) is 19.5 Å². The highest BCUT2D eigenvalue weighted by atomic mass is 16.5. The molecule has 0 fully saturated rings. The summed E-state index contributed by atoms with van der Waals surface area (Å²) in [5, 5.41) is 28.5. The van der Waals surface area contributed by atoms with Crippen LogP contribution in [0, 0.1) is 16.7 Å². The lowest BCUT2D eigenvalue weighted by Gasteiger charge is -2.32. The Morgan fingerprint density at radius 1 is 1.46 bits per heavy atom. The van der Waals surface area contributed by atoms with Crippen LogP contribution in [0.2, 0.25) is 0 Å². The third kappa shape index (κ3) is 3.09. The van der Waals surface area contributed by atoms with E-state index in [1.54, 1.807) is 6.92 Å². The number of ether oxygens (including phenoxy) is 2. The molecule has 0 spiro atoms. The summed E-state index contributed by atoms with van der Waals surface area (Å²) in [5.74, 6) is 0.158. The van der Waals surface area contributed by atoms with E-state index in [1.165, 1.54) is 24.9 Å². The summed E-state index contributed by atoms with van der Waals surface area (Å²) in [7, 11) is 1.43. The second kappa shape index (κ2) is 6.96. The van der Waals surface area contributed by atoms with E-state index in [2.05, 4.69) is 15.0 Å². The Bertz CT molecular complexity index is 758. The van der Waals surface area contributed by atoms with Crippen molar-refractivity contribution < 1.29 is 19.7 Å². The summed E-state index contributed by atoms with van der Waals surface area (Å²) in [4.78, 5) is 12.3. The van der Waals surface area contributed by atoms with Gasteiger partial charge in [-0.1, -0.05) is 0 Å². The van der Waals surface area contributed by atoms with Gasteiger partial charge in [-0.3, -0.25) is 4.57 Å². The van der Waals surface area contributed by atoms with Gasteiger partial charge in [0.25, 0.3) is 0 Å². The average molecular weight is 336 g/mol. The van der Waals surface area contributed by atoms with Crippen molar-refractivity contribution in [2.75, 3.05) is 26.1 Å². The lowest BCUT2D eigenvalue weighted by atomic mass is 9.91. The van der Waals surface area contributed by atoms with E-state index in [4.69, 9.17) is 15.2 Å². The Balaban J connectivity index is 2.64. The number of hydrogen-bond donors (Lipinski definition) is 3. The minimum absolute atomic E-state index is 0.0299. The first-order valence-corrected chi connectivity index (χ1v) is 7.22. The topological polar surface area (TPSA) is 152 Å². The zero-order valence-electron chi connectivity index (χ0n) is 13.7. The molecule has 2 aromatic rings. The number of nitriles is 1. The van der Waals surface area contributed by atoms with E-state index >= 15 is 0 Å². The molecule has 0 bridgehead atoms. The summed E-state index contributed by atoms with van der Waals surface area (Å²) in [5.41, 5.74) is 5.03. The number of aliphatic hydroxyl groups excluding tert-OH is 2. The van der Waals surface area contributed by atoms with Gasteiger partial charge in [0.2, 0.25) is 11.8 Å². The highest BCUT2D eigenvalue weighted by molar-refractivity contribution is 5.77. The molecule has 2 heterocycles. The third-order valence-electron chi connectivity index (χ3n) is 3.60. The maximum absolute atomic E-state index is 9.69. The van der Waals surface area contributed by atoms with Crippen molar-refractivity contribution in [2.45, 2.75) is 26.2 Å². The van der Waals surface area contributed by atoms with Gasteiger partial charge in [-0.05, 0) is 13.8 Å². The molecule has 0 aliphatic heterocycles. The molecule has 2 rings (SSSR count). The van der Waals surface area contributed by atoms with E-state index in [0.29, 0.717) is 11.2 Å². The van der Waals surface area contributed by atoms with Crippen LogP contribution >= 0.6 is 0 Å². The Kier molecular flexibility index (Phi) is 5.18. The Labute approximate surface area is 138 Å². The van der Waals surface area contributed by atoms with Gasteiger partial charge in [0.1, 0.15) is 5.41 Å². The molecule has 130 valence electrons. The zero-order valence-corrected chi connectivity index (χ0v) is 13.7. The van der Waals surface area contributed by atoms with Crippen molar-refractivity contribution in [2.24, 2.45) is 5.41 Å². The minimum Gasteiger partial charge on any atom is -0.479 e. The van der Waals surface area contributed by atoms with Crippen molar-refractivity contribution in [1.29, 1.82) is 5.26 Å². The van der Waals surface area contributed by atoms with Crippen LogP contribution < -0.4 is 10.5 Å². The third-order valence-corrected chi connectivity index (χ3v) is 3.60. The normalized spacial score (nSPS) is 16.3. The van der Waals surface area contributed by atoms with Crippen molar-refractivity contribution >= 4 is 17.1 Å². The number of nitrogen functional groups attached to an aromatic ring is 1. The minimum atomic E-state index is -1.30. The Morgan fingerprint density at radius 2 is 2.17 bits per heavy atom. The van der Waals surface area contributed by atoms with Crippen LogP contribution in [0.5, 0.6) is 5.88 Å². The van der Waals surface area contributed by atoms with Crippen molar-refractivity contribution in [3.05, 3.63) is 6.33 Å². The fourth-order valence-electron chi connectivity index (χ4n) is 2.18. The fourth-order valence-corrected chi connectivity index (χ4v) is 2.18. The maximum atomic E-state index is 9.69. The number of aromatic nitrogens is 4. The van der Waals surface area contributed by atoms with Crippen LogP contribution in [0.1, 0.15) is 20.1 Å². The molecule has 0 amide bonds. The Morgan fingerprint density at radius 3 is 2.71 bits per heavy atom. The number of fused-ring (bicyclic) bond motifs is 1. The second-order valence-corrected chi connectivity index (χ2v) is 5.58. The molecule has 24 heavy (non-hydrogen) atoms. The molecule has 3 atom stereocenters. The van der Waals surface area contributed by atoms with Crippen LogP contribution in [0.15, 0.2) is 6.33 Å². The highest BCUT2D eigenvalue weighted by Crippen LogP contribution is 2.35. The SMILES string of the molecule is COc1nc(N)nc2c1ncn2[C@H](O[C@@H](C)CO)[C@](C)(C#N)CO. The standard InChI is InChI=1S/C14H20N6O4/c1-8(4-21)24-12(14(2,5-15)6-22)20-7-17-9-10(20)18-13(16)19-11(9)23-3/h7-8,12,21-22H,4,6H2,1-3H3,(H2,16,18,19)/t8-,12+,14+/m0/s1. The predicted octanol–water partition coefficient (Wildman–Crippen LogP) is -0.165. The first-order valence-electron chi connectivity index (χ1n) is 7.22. The van der Waals surface area contributed by atoms with Gasteiger partial charge in [0, 0.05) is 0 Å². The van der Waals surface area contributed by atoms with E-state index in [0.717, 1.165) is 0 Å². The van der Waals surface area contributed by atoms with E-state index in [9.17, 15) is 15.5 Å². The van der Waals surface area contributed by atoms with E-state index in [1.807, 2.05) is 6.07 Å². The van der Waals surface area contributed by atoms with Gasteiger partial charge in [-0.2, -0.15) is 15.2 Å². The molecule has 0 saturated heterocycles. The zero-order chi connectivity index (χ0) is 17.9. The molecule has 2 aromatic heterocycles. The van der Waals surface area contributed by atoms with E-state index < -0.39 is 24.4 Å². The smallest absolute Gasteiger partial charge is 0.246 e. The average Bonchev–Trinajstić information content (AvgIpc) is 3.01. The molecular formula is C14H20N6O4. The maximum Gasteiger partial charge on any atom is 0.246 e. The predicted molar refractivity (Wildman–Crippen MR) is 83.8 cm³/mol. The molecule has 10 nitrogen and oxygen atoms in total. The number of anilines is 1. The van der Waals surface area contributed by atoms with Crippen LogP contribution in [-0.2, 0) is 4.74 Å². The number of imidazole rings is 1. The summed E-state index contributed by atoms with van der Waals surface area (Å²) in [6.45, 7) is 2.46. The van der Waals surface area contributed by atoms with Crippen molar-refractivity contribution in [3.8, 4) is 11.9 Å². The number of nitrogens with two attached hydrogens (primary N) is 1. The summed E-state index contributed by atoms with van der Waals surface area (Å²) in [6, 6.07) is 2.04. The van der Waals surface area contributed by atoms with Crippen LogP contribution in [0.25, 0.3) is 11.2 Å². The van der Waals surface area contributed by atoms with Gasteiger partial charge < -0.3 is 25.4 Å². The number of rotatable bonds is 7. The molecule has 0 unspecified atom stereocenters. The number of methoxy groups -OCH3 is 1. The lowest BCUT2D eigenvalue weighted by Crippen LogP contribution is -2.36. The molecule has 0 radical (unpaired) electrons. The molecule has 4 N–H and O–H groups in total. The van der Waals surface area contributed by atoms with Gasteiger partial charge in [0.15, 0.2) is 17.4 Å². The summed E-state index contributed by atoms with van der Waals surface area (Å²) < 4.78 is 12.4. The van der Waals surface area contributed by atoms with Crippen LogP contribution in [0.3, 0.4) is 0 Å². The van der Waals surface area contributed by atoms with Gasteiger partial charge in [-0.25, -0.2) is 4.98 Å². The number of aliphatic hydroxyl groups is 2. The monoisotopic (exact) mass is 336 g/mol. The van der Waals surface area contributed by atoms with Crippen molar-refractivity contribution in [3.63, 3.8) is 0 Å². The van der Waals surface area contributed by atoms with Crippen LogP contribution in [-0.4, -0.2) is 56.2 Å². The molecule has 0 aliphatic rings. The van der Waals surface area contributed by atoms with Crippen LogP contribution in [0.4, 0.5) is 5.95 Å². The quantitative estimate of drug-likeness (QED) is 0.625. The first-order chi connectivity index (χ1) is 11.4.